The summed E-state index contributed by atoms with van der Waals surface area (Å²) in [6.45, 7) is 4.86. The van der Waals surface area contributed by atoms with Crippen molar-refractivity contribution in [3.8, 4) is 0 Å². The Morgan fingerprint density at radius 2 is 1.91 bits per heavy atom. The van der Waals surface area contributed by atoms with Crippen LogP contribution in [0.5, 0.6) is 0 Å². The van der Waals surface area contributed by atoms with E-state index < -0.39 is 11.9 Å². The zero-order valence-electron chi connectivity index (χ0n) is 7.13. The number of Topliss-reactive ketones (excluding diaryl/α,β-unsaturated/α-hetero) is 1. The molecule has 0 spiro atoms. The molecule has 0 aromatic heterocycles. The summed E-state index contributed by atoms with van der Waals surface area (Å²) >= 11 is 0. The summed E-state index contributed by atoms with van der Waals surface area (Å²) in [5.74, 6) is -1.82. The van der Waals surface area contributed by atoms with Crippen LogP contribution in [0.25, 0.3) is 0 Å². The molecule has 2 atom stereocenters. The van der Waals surface area contributed by atoms with Gasteiger partial charge in [-0.3, -0.25) is 9.59 Å². The Bertz CT molecular complexity index is 163. The van der Waals surface area contributed by atoms with Crippen molar-refractivity contribution in [2.24, 2.45) is 11.8 Å². The molecule has 3 heteroatoms. The predicted octanol–water partition coefficient (Wildman–Crippen LogP) is 1.32. The number of aliphatic carboxylic acids is 1. The third-order valence-electron chi connectivity index (χ3n) is 2.00. The summed E-state index contributed by atoms with van der Waals surface area (Å²) in [6, 6.07) is 0. The predicted molar refractivity (Wildman–Crippen MR) is 41.3 cm³/mol. The van der Waals surface area contributed by atoms with Crippen molar-refractivity contribution in [1.29, 1.82) is 0 Å². The fraction of sp³-hybridized carbons (Fsp3) is 0.750. The van der Waals surface area contributed by atoms with Gasteiger partial charge in [0.05, 0.1) is 5.92 Å². The number of rotatable bonds is 4. The largest absolute Gasteiger partial charge is 0.481 e. The van der Waals surface area contributed by atoms with E-state index in [2.05, 4.69) is 0 Å². The molecule has 0 rings (SSSR count). The molecule has 3 nitrogen and oxygen atoms in total. The number of carbonyl (C=O) groups is 2. The molecular formula is C8H14O3. The zero-order valence-corrected chi connectivity index (χ0v) is 7.13. The lowest BCUT2D eigenvalue weighted by molar-refractivity contribution is -0.146. The van der Waals surface area contributed by atoms with Crippen molar-refractivity contribution in [2.75, 3.05) is 0 Å². The fourth-order valence-electron chi connectivity index (χ4n) is 1.03. The van der Waals surface area contributed by atoms with Gasteiger partial charge in [-0.25, -0.2) is 0 Å². The quantitative estimate of drug-likeness (QED) is 0.671. The Balaban J connectivity index is 4.25. The van der Waals surface area contributed by atoms with Gasteiger partial charge in [0.2, 0.25) is 0 Å². The molecular weight excluding hydrogens is 144 g/mol. The van der Waals surface area contributed by atoms with Crippen LogP contribution in [0.2, 0.25) is 0 Å². The first-order chi connectivity index (χ1) is 5.00. The highest BCUT2D eigenvalue weighted by Gasteiger charge is 2.25. The Hall–Kier alpha value is -0.860. The van der Waals surface area contributed by atoms with Crippen LogP contribution in [0.4, 0.5) is 0 Å². The molecule has 0 aromatic rings. The second kappa shape index (κ2) is 4.11. The topological polar surface area (TPSA) is 54.4 Å². The van der Waals surface area contributed by atoms with Crippen LogP contribution in [-0.4, -0.2) is 16.9 Å². The van der Waals surface area contributed by atoms with Gasteiger partial charge in [0, 0.05) is 5.92 Å². The van der Waals surface area contributed by atoms with Crippen molar-refractivity contribution < 1.29 is 14.7 Å². The van der Waals surface area contributed by atoms with Crippen molar-refractivity contribution in [3.05, 3.63) is 0 Å². The van der Waals surface area contributed by atoms with Crippen LogP contribution in [0.3, 0.4) is 0 Å². The van der Waals surface area contributed by atoms with Gasteiger partial charge >= 0.3 is 5.97 Å². The van der Waals surface area contributed by atoms with Gasteiger partial charge in [-0.15, -0.1) is 0 Å². The van der Waals surface area contributed by atoms with Crippen LogP contribution < -0.4 is 0 Å². The van der Waals surface area contributed by atoms with E-state index in [1.165, 1.54) is 6.92 Å². The maximum Gasteiger partial charge on any atom is 0.307 e. The molecule has 0 aliphatic rings. The molecule has 0 fully saturated rings. The van der Waals surface area contributed by atoms with Crippen LogP contribution in [0.15, 0.2) is 0 Å². The molecule has 0 amide bonds. The average Bonchev–Trinajstić information content (AvgIpc) is 1.88. The minimum Gasteiger partial charge on any atom is -0.481 e. The molecule has 0 aliphatic carbocycles. The monoisotopic (exact) mass is 158 g/mol. The first kappa shape index (κ1) is 10.1. The van der Waals surface area contributed by atoms with Crippen molar-refractivity contribution in [3.63, 3.8) is 0 Å². The normalized spacial score (nSPS) is 15.5. The second-order valence-electron chi connectivity index (χ2n) is 2.75. The summed E-state index contributed by atoms with van der Waals surface area (Å²) in [6.07, 6.45) is 0.510. The molecule has 0 bridgehead atoms. The third kappa shape index (κ3) is 2.70. The van der Waals surface area contributed by atoms with E-state index in [0.29, 0.717) is 6.42 Å². The summed E-state index contributed by atoms with van der Waals surface area (Å²) in [5.41, 5.74) is 0. The standard InChI is InChI=1S/C8H14O3/c1-4-7(8(10)11)5(2)6(3)9/h5,7H,4H2,1-3H3,(H,10,11). The number of ketones is 1. The average molecular weight is 158 g/mol. The Kier molecular flexibility index (Phi) is 3.79. The third-order valence-corrected chi connectivity index (χ3v) is 2.00. The van der Waals surface area contributed by atoms with Gasteiger partial charge in [-0.2, -0.15) is 0 Å². The van der Waals surface area contributed by atoms with E-state index in [4.69, 9.17) is 5.11 Å². The molecule has 0 aliphatic heterocycles. The van der Waals surface area contributed by atoms with Gasteiger partial charge in [0.25, 0.3) is 0 Å². The lowest BCUT2D eigenvalue weighted by Crippen LogP contribution is -2.25. The van der Waals surface area contributed by atoms with Crippen LogP contribution >= 0.6 is 0 Å². The minimum atomic E-state index is -0.879. The Labute approximate surface area is 66.4 Å². The van der Waals surface area contributed by atoms with Crippen LogP contribution in [0, 0.1) is 11.8 Å². The van der Waals surface area contributed by atoms with Crippen LogP contribution in [-0.2, 0) is 9.59 Å². The van der Waals surface area contributed by atoms with E-state index >= 15 is 0 Å². The zero-order chi connectivity index (χ0) is 9.02. The van der Waals surface area contributed by atoms with Gasteiger partial charge in [-0.1, -0.05) is 13.8 Å². The fourth-order valence-corrected chi connectivity index (χ4v) is 1.03. The number of hydrogen-bond donors (Lipinski definition) is 1. The molecule has 0 saturated carbocycles. The number of carbonyl (C=O) groups excluding carboxylic acids is 1. The molecule has 11 heavy (non-hydrogen) atoms. The highest BCUT2D eigenvalue weighted by molar-refractivity contribution is 5.84. The maximum atomic E-state index is 10.8. The molecule has 0 aromatic carbocycles. The SMILES string of the molecule is CCC(C(=O)O)C(C)C(C)=O. The lowest BCUT2D eigenvalue weighted by atomic mass is 9.89. The first-order valence-electron chi connectivity index (χ1n) is 3.74. The van der Waals surface area contributed by atoms with E-state index in [1.807, 2.05) is 0 Å². The highest BCUT2D eigenvalue weighted by Crippen LogP contribution is 2.16. The molecule has 0 saturated heterocycles. The van der Waals surface area contributed by atoms with Gasteiger partial charge in [0.15, 0.2) is 0 Å². The summed E-state index contributed by atoms with van der Waals surface area (Å²) in [5, 5.41) is 8.64. The molecule has 0 radical (unpaired) electrons. The van der Waals surface area contributed by atoms with Crippen molar-refractivity contribution in [1.82, 2.24) is 0 Å². The second-order valence-corrected chi connectivity index (χ2v) is 2.75. The Morgan fingerprint density at radius 3 is 2.00 bits per heavy atom. The van der Waals surface area contributed by atoms with Crippen LogP contribution in [0.1, 0.15) is 27.2 Å². The van der Waals surface area contributed by atoms with E-state index in [1.54, 1.807) is 13.8 Å². The van der Waals surface area contributed by atoms with E-state index in [0.717, 1.165) is 0 Å². The smallest absolute Gasteiger partial charge is 0.307 e. The number of carboxylic acid groups (broad SMARTS) is 1. The summed E-state index contributed by atoms with van der Waals surface area (Å²) in [4.78, 5) is 21.3. The minimum absolute atomic E-state index is 0.0562. The van der Waals surface area contributed by atoms with Gasteiger partial charge < -0.3 is 5.11 Å². The maximum absolute atomic E-state index is 10.8. The molecule has 1 N–H and O–H groups in total. The molecule has 0 heterocycles. The molecule has 2 unspecified atom stereocenters. The number of carboxylic acids is 1. The van der Waals surface area contributed by atoms with E-state index in [-0.39, 0.29) is 11.7 Å². The van der Waals surface area contributed by atoms with Crippen molar-refractivity contribution >= 4 is 11.8 Å². The lowest BCUT2D eigenvalue weighted by Gasteiger charge is -2.14. The summed E-state index contributed by atoms with van der Waals surface area (Å²) < 4.78 is 0. The highest BCUT2D eigenvalue weighted by atomic mass is 16.4. The van der Waals surface area contributed by atoms with E-state index in [9.17, 15) is 9.59 Å². The summed E-state index contributed by atoms with van der Waals surface area (Å²) in [7, 11) is 0. The van der Waals surface area contributed by atoms with Gasteiger partial charge in [0.1, 0.15) is 5.78 Å². The first-order valence-corrected chi connectivity index (χ1v) is 3.74. The number of hydrogen-bond acceptors (Lipinski definition) is 2. The molecule has 64 valence electrons. The van der Waals surface area contributed by atoms with Gasteiger partial charge in [-0.05, 0) is 13.3 Å². The Morgan fingerprint density at radius 1 is 1.45 bits per heavy atom. The van der Waals surface area contributed by atoms with Crippen molar-refractivity contribution in [2.45, 2.75) is 27.2 Å².